The first-order valence-corrected chi connectivity index (χ1v) is 11.4. The fourth-order valence-electron chi connectivity index (χ4n) is 3.84. The van der Waals surface area contributed by atoms with Gasteiger partial charge in [-0.3, -0.25) is 14.6 Å². The van der Waals surface area contributed by atoms with Crippen LogP contribution < -0.4 is 10.6 Å². The molecule has 4 rings (SSSR count). The largest absolute Gasteiger partial charge is 0.354 e. The van der Waals surface area contributed by atoms with Crippen LogP contribution in [0.2, 0.25) is 5.02 Å². The minimum atomic E-state index is 0.227. The topological polar surface area (TPSA) is 57.5 Å². The van der Waals surface area contributed by atoms with Crippen LogP contribution in [0.25, 0.3) is 0 Å². The maximum Gasteiger partial charge on any atom is 0.191 e. The van der Waals surface area contributed by atoms with Gasteiger partial charge in [-0.25, -0.2) is 0 Å². The van der Waals surface area contributed by atoms with E-state index in [2.05, 4.69) is 49.2 Å². The highest BCUT2D eigenvalue weighted by molar-refractivity contribution is 7.10. The molecule has 8 heteroatoms. The summed E-state index contributed by atoms with van der Waals surface area (Å²) in [5, 5.41) is 14.1. The third-order valence-corrected chi connectivity index (χ3v) is 6.85. The fraction of sp³-hybridized carbons (Fsp3) is 0.364. The third kappa shape index (κ3) is 4.86. The van der Waals surface area contributed by atoms with Crippen molar-refractivity contribution in [2.24, 2.45) is 12.0 Å². The Morgan fingerprint density at radius 1 is 1.23 bits per heavy atom. The Morgan fingerprint density at radius 3 is 2.80 bits per heavy atom. The lowest BCUT2D eigenvalue weighted by Gasteiger charge is -2.35. The monoisotopic (exact) mass is 442 g/mol. The molecule has 0 spiro atoms. The average Bonchev–Trinajstić information content (AvgIpc) is 3.40. The van der Waals surface area contributed by atoms with Crippen LogP contribution in [0.5, 0.6) is 0 Å². The van der Waals surface area contributed by atoms with Crippen molar-refractivity contribution >= 4 is 28.9 Å². The van der Waals surface area contributed by atoms with Crippen LogP contribution in [-0.2, 0) is 26.6 Å². The Hall–Kier alpha value is -2.35. The van der Waals surface area contributed by atoms with Crippen LogP contribution in [0, 0.1) is 0 Å². The number of benzene rings is 1. The zero-order valence-electron chi connectivity index (χ0n) is 17.3. The smallest absolute Gasteiger partial charge is 0.191 e. The van der Waals surface area contributed by atoms with E-state index in [1.807, 2.05) is 41.3 Å². The SMILES string of the molecule is CN=C(NCc1ccnn1C)NCC(c1ccc(Cl)cc1)N1CCc2sccc2C1. The van der Waals surface area contributed by atoms with Crippen molar-refractivity contribution in [3.05, 3.63) is 74.7 Å². The molecule has 0 bridgehead atoms. The van der Waals surface area contributed by atoms with Crippen molar-refractivity contribution in [3.8, 4) is 0 Å². The molecule has 6 nitrogen and oxygen atoms in total. The number of nitrogens with one attached hydrogen (secondary N) is 2. The summed E-state index contributed by atoms with van der Waals surface area (Å²) in [6.07, 6.45) is 2.91. The second kappa shape index (κ2) is 9.64. The van der Waals surface area contributed by atoms with Gasteiger partial charge in [0.05, 0.1) is 18.3 Å². The quantitative estimate of drug-likeness (QED) is 0.452. The molecule has 1 aromatic carbocycles. The van der Waals surface area contributed by atoms with Gasteiger partial charge in [-0.1, -0.05) is 23.7 Å². The van der Waals surface area contributed by atoms with Gasteiger partial charge in [0, 0.05) is 49.8 Å². The van der Waals surface area contributed by atoms with Crippen molar-refractivity contribution in [1.82, 2.24) is 25.3 Å². The number of guanidine groups is 1. The van der Waals surface area contributed by atoms with E-state index in [4.69, 9.17) is 11.6 Å². The van der Waals surface area contributed by atoms with Crippen molar-refractivity contribution in [2.75, 3.05) is 20.1 Å². The number of aromatic nitrogens is 2. The van der Waals surface area contributed by atoms with E-state index in [0.29, 0.717) is 6.54 Å². The van der Waals surface area contributed by atoms with E-state index >= 15 is 0 Å². The number of thiophene rings is 1. The minimum Gasteiger partial charge on any atom is -0.354 e. The van der Waals surface area contributed by atoms with Crippen LogP contribution in [0.15, 0.2) is 53.0 Å². The Labute approximate surface area is 186 Å². The molecule has 30 heavy (non-hydrogen) atoms. The highest BCUT2D eigenvalue weighted by Gasteiger charge is 2.25. The van der Waals surface area contributed by atoms with Crippen LogP contribution in [0.3, 0.4) is 0 Å². The first kappa shape index (κ1) is 20.9. The van der Waals surface area contributed by atoms with Gasteiger partial charge in [0.25, 0.3) is 0 Å². The van der Waals surface area contributed by atoms with Crippen LogP contribution in [0.4, 0.5) is 0 Å². The summed E-state index contributed by atoms with van der Waals surface area (Å²) in [6.45, 7) is 3.44. The van der Waals surface area contributed by atoms with Crippen molar-refractivity contribution in [3.63, 3.8) is 0 Å². The lowest BCUT2D eigenvalue weighted by atomic mass is 10.0. The van der Waals surface area contributed by atoms with Gasteiger partial charge in [0.15, 0.2) is 5.96 Å². The van der Waals surface area contributed by atoms with Gasteiger partial charge in [-0.05, 0) is 47.2 Å². The normalized spacial score (nSPS) is 15.6. The van der Waals surface area contributed by atoms with E-state index in [1.165, 1.54) is 16.0 Å². The number of nitrogens with zero attached hydrogens (tertiary/aromatic N) is 4. The molecule has 0 amide bonds. The highest BCUT2D eigenvalue weighted by atomic mass is 35.5. The zero-order chi connectivity index (χ0) is 20.9. The summed E-state index contributed by atoms with van der Waals surface area (Å²) in [6, 6.07) is 12.7. The first-order chi connectivity index (χ1) is 14.6. The van der Waals surface area contributed by atoms with Crippen molar-refractivity contribution in [2.45, 2.75) is 25.6 Å². The molecule has 158 valence electrons. The summed E-state index contributed by atoms with van der Waals surface area (Å²) >= 11 is 8.01. The molecule has 0 fully saturated rings. The molecule has 0 aliphatic carbocycles. The molecule has 0 saturated heterocycles. The predicted molar refractivity (Wildman–Crippen MR) is 124 cm³/mol. The van der Waals surface area contributed by atoms with Gasteiger partial charge in [0.2, 0.25) is 0 Å². The van der Waals surface area contributed by atoms with E-state index in [9.17, 15) is 0 Å². The molecule has 1 unspecified atom stereocenters. The Bertz CT molecular complexity index is 993. The van der Waals surface area contributed by atoms with Gasteiger partial charge in [0.1, 0.15) is 0 Å². The molecule has 2 N–H and O–H groups in total. The van der Waals surface area contributed by atoms with Gasteiger partial charge >= 0.3 is 0 Å². The van der Waals surface area contributed by atoms with E-state index in [1.54, 1.807) is 13.2 Å². The summed E-state index contributed by atoms with van der Waals surface area (Å²) in [4.78, 5) is 8.45. The molecule has 1 aliphatic rings. The molecular formula is C22H27ClN6S. The first-order valence-electron chi connectivity index (χ1n) is 10.1. The van der Waals surface area contributed by atoms with E-state index in [0.717, 1.165) is 42.7 Å². The third-order valence-electron chi connectivity index (χ3n) is 5.58. The molecule has 0 saturated carbocycles. The lowest BCUT2D eigenvalue weighted by molar-refractivity contribution is 0.181. The number of hydrogen-bond acceptors (Lipinski definition) is 4. The maximum atomic E-state index is 6.14. The maximum absolute atomic E-state index is 6.14. The van der Waals surface area contributed by atoms with E-state index < -0.39 is 0 Å². The second-order valence-corrected chi connectivity index (χ2v) is 8.85. The fourth-order valence-corrected chi connectivity index (χ4v) is 4.86. The molecule has 2 aromatic heterocycles. The number of halogens is 1. The second-order valence-electron chi connectivity index (χ2n) is 7.41. The number of aliphatic imine (C=N–C) groups is 1. The number of fused-ring (bicyclic) bond motifs is 1. The molecule has 1 atom stereocenters. The summed E-state index contributed by atoms with van der Waals surface area (Å²) in [5.74, 6) is 0.781. The van der Waals surface area contributed by atoms with Gasteiger partial charge in [-0.2, -0.15) is 5.10 Å². The van der Waals surface area contributed by atoms with Gasteiger partial charge in [-0.15, -0.1) is 11.3 Å². The minimum absolute atomic E-state index is 0.227. The molecule has 3 heterocycles. The molecule has 1 aliphatic heterocycles. The highest BCUT2D eigenvalue weighted by Crippen LogP contribution is 2.30. The summed E-state index contributed by atoms with van der Waals surface area (Å²) < 4.78 is 1.86. The zero-order valence-corrected chi connectivity index (χ0v) is 18.9. The van der Waals surface area contributed by atoms with E-state index in [-0.39, 0.29) is 6.04 Å². The predicted octanol–water partition coefficient (Wildman–Crippen LogP) is 3.60. The van der Waals surface area contributed by atoms with Crippen LogP contribution >= 0.6 is 22.9 Å². The summed E-state index contributed by atoms with van der Waals surface area (Å²) in [5.41, 5.74) is 3.81. The lowest BCUT2D eigenvalue weighted by Crippen LogP contribution is -2.44. The Kier molecular flexibility index (Phi) is 6.72. The standard InChI is InChI=1S/C22H27ClN6S/c1-24-22(25-13-19-7-10-27-28(19)2)26-14-20(16-3-5-18(23)6-4-16)29-11-8-21-17(15-29)9-12-30-21/h3-7,9-10,12,20H,8,11,13-15H2,1-2H3,(H2,24,25,26). The molecule has 3 aromatic rings. The summed E-state index contributed by atoms with van der Waals surface area (Å²) in [7, 11) is 3.74. The average molecular weight is 443 g/mol. The van der Waals surface area contributed by atoms with Crippen LogP contribution in [0.1, 0.15) is 27.7 Å². The van der Waals surface area contributed by atoms with Crippen molar-refractivity contribution < 1.29 is 0 Å². The number of aryl methyl sites for hydroxylation is 1. The van der Waals surface area contributed by atoms with Crippen molar-refractivity contribution in [1.29, 1.82) is 0 Å². The molecule has 0 radical (unpaired) electrons. The Balaban J connectivity index is 1.45. The van der Waals surface area contributed by atoms with Gasteiger partial charge < -0.3 is 10.6 Å². The number of hydrogen-bond donors (Lipinski definition) is 2. The van der Waals surface area contributed by atoms with Crippen LogP contribution in [-0.4, -0.2) is 40.8 Å². The Morgan fingerprint density at radius 2 is 2.07 bits per heavy atom. The number of rotatable bonds is 6. The molecular weight excluding hydrogens is 416 g/mol.